The number of imidazole rings is 1. The second-order valence-electron chi connectivity index (χ2n) is 2.66. The van der Waals surface area contributed by atoms with Gasteiger partial charge in [-0.2, -0.15) is 0 Å². The predicted molar refractivity (Wildman–Crippen MR) is 50.8 cm³/mol. The van der Waals surface area contributed by atoms with E-state index in [1.165, 1.54) is 11.3 Å². The summed E-state index contributed by atoms with van der Waals surface area (Å²) in [5.41, 5.74) is 0. The molecule has 0 aromatic carbocycles. The summed E-state index contributed by atoms with van der Waals surface area (Å²) in [7, 11) is 0. The largest absolute Gasteiger partial charge is 0.336 e. The molecule has 2 aromatic heterocycles. The minimum atomic E-state index is 0.0973. The maximum absolute atomic E-state index is 11.1. The maximum atomic E-state index is 11.1. The van der Waals surface area contributed by atoms with Crippen LogP contribution in [0.2, 0.25) is 0 Å². The zero-order valence-corrected chi connectivity index (χ0v) is 7.78. The lowest BCUT2D eigenvalue weighted by atomic mass is 10.6. The highest BCUT2D eigenvalue weighted by Gasteiger charge is 1.95. The number of hydrogen-bond donors (Lipinski definition) is 0. The van der Waals surface area contributed by atoms with Crippen LogP contribution in [0.3, 0.4) is 0 Å². The Kier molecular flexibility index (Phi) is 2.27. The summed E-state index contributed by atoms with van der Waals surface area (Å²) < 4.78 is 3.65. The van der Waals surface area contributed by atoms with Crippen molar-refractivity contribution in [2.24, 2.45) is 0 Å². The van der Waals surface area contributed by atoms with Crippen LogP contribution in [0, 0.1) is 0 Å². The number of nitrogens with zero attached hydrogens (tertiary/aromatic N) is 3. The van der Waals surface area contributed by atoms with Gasteiger partial charge >= 0.3 is 4.87 Å². The third-order valence-corrected chi connectivity index (χ3v) is 2.50. The second-order valence-corrected chi connectivity index (χ2v) is 3.52. The summed E-state index contributed by atoms with van der Waals surface area (Å²) in [5.74, 6) is 0. The number of hydrogen-bond acceptors (Lipinski definition) is 3. The highest BCUT2D eigenvalue weighted by molar-refractivity contribution is 7.07. The topological polar surface area (TPSA) is 39.8 Å². The van der Waals surface area contributed by atoms with E-state index in [0.29, 0.717) is 6.54 Å². The van der Waals surface area contributed by atoms with Gasteiger partial charge < -0.3 is 9.13 Å². The molecule has 0 aliphatic heterocycles. The smallest absolute Gasteiger partial charge is 0.307 e. The molecule has 0 fully saturated rings. The SMILES string of the molecule is O=c1sccn1CCn1ccnc1. The fourth-order valence-corrected chi connectivity index (χ4v) is 1.71. The molecule has 0 saturated carbocycles. The standard InChI is InChI=1S/C8H9N3OS/c12-8-11(5-6-13-8)4-3-10-2-1-9-7-10/h1-2,5-7H,3-4H2. The van der Waals surface area contributed by atoms with Crippen LogP contribution < -0.4 is 4.87 Å². The van der Waals surface area contributed by atoms with Gasteiger partial charge in [-0.05, 0) is 0 Å². The molecule has 5 heteroatoms. The fraction of sp³-hybridized carbons (Fsp3) is 0.250. The van der Waals surface area contributed by atoms with Crippen LogP contribution in [0.4, 0.5) is 0 Å². The van der Waals surface area contributed by atoms with E-state index in [0.717, 1.165) is 6.54 Å². The van der Waals surface area contributed by atoms with E-state index in [9.17, 15) is 4.79 Å². The van der Waals surface area contributed by atoms with E-state index >= 15 is 0 Å². The summed E-state index contributed by atoms with van der Waals surface area (Å²) in [6.07, 6.45) is 7.18. The van der Waals surface area contributed by atoms with Gasteiger partial charge in [0.15, 0.2) is 0 Å². The van der Waals surface area contributed by atoms with Gasteiger partial charge in [0.1, 0.15) is 0 Å². The summed E-state index contributed by atoms with van der Waals surface area (Å²) in [6, 6.07) is 0. The molecular formula is C8H9N3OS. The van der Waals surface area contributed by atoms with Crippen molar-refractivity contribution in [1.29, 1.82) is 0 Å². The normalized spacial score (nSPS) is 10.5. The van der Waals surface area contributed by atoms with Crippen molar-refractivity contribution in [3.8, 4) is 0 Å². The van der Waals surface area contributed by atoms with E-state index in [1.807, 2.05) is 17.0 Å². The Bertz CT molecular complexity index is 415. The zero-order chi connectivity index (χ0) is 9.10. The molecule has 4 nitrogen and oxygen atoms in total. The molecule has 0 amide bonds. The minimum Gasteiger partial charge on any atom is -0.336 e. The molecule has 0 saturated heterocycles. The second kappa shape index (κ2) is 3.57. The van der Waals surface area contributed by atoms with Crippen molar-refractivity contribution >= 4 is 11.3 Å². The van der Waals surface area contributed by atoms with Crippen molar-refractivity contribution in [2.45, 2.75) is 13.1 Å². The molecule has 0 aliphatic carbocycles. The molecule has 0 radical (unpaired) electrons. The molecule has 0 aliphatic rings. The van der Waals surface area contributed by atoms with Crippen LogP contribution in [-0.2, 0) is 13.1 Å². The molecular weight excluding hydrogens is 186 g/mol. The third kappa shape index (κ3) is 1.86. The highest BCUT2D eigenvalue weighted by Crippen LogP contribution is 1.92. The van der Waals surface area contributed by atoms with Gasteiger partial charge in [-0.3, -0.25) is 4.79 Å². The van der Waals surface area contributed by atoms with E-state index in [2.05, 4.69) is 4.98 Å². The van der Waals surface area contributed by atoms with E-state index < -0.39 is 0 Å². The van der Waals surface area contributed by atoms with Gasteiger partial charge in [-0.1, -0.05) is 11.3 Å². The summed E-state index contributed by atoms with van der Waals surface area (Å²) in [5, 5.41) is 1.80. The van der Waals surface area contributed by atoms with Gasteiger partial charge in [-0.15, -0.1) is 0 Å². The average molecular weight is 195 g/mol. The van der Waals surface area contributed by atoms with Gasteiger partial charge in [0.05, 0.1) is 6.33 Å². The first-order valence-electron chi connectivity index (χ1n) is 3.96. The lowest BCUT2D eigenvalue weighted by Crippen LogP contribution is -2.15. The Morgan fingerprint density at radius 3 is 2.92 bits per heavy atom. The van der Waals surface area contributed by atoms with Gasteiger partial charge in [0.2, 0.25) is 0 Å². The Labute approximate surface area is 79.1 Å². The van der Waals surface area contributed by atoms with Crippen LogP contribution in [0.15, 0.2) is 35.1 Å². The van der Waals surface area contributed by atoms with Crippen molar-refractivity contribution < 1.29 is 0 Å². The average Bonchev–Trinajstić information content (AvgIpc) is 2.72. The molecule has 0 bridgehead atoms. The Morgan fingerprint density at radius 1 is 1.38 bits per heavy atom. The summed E-state index contributed by atoms with van der Waals surface area (Å²) >= 11 is 1.22. The molecule has 0 N–H and O–H groups in total. The quantitative estimate of drug-likeness (QED) is 0.727. The predicted octanol–water partition coefficient (Wildman–Crippen LogP) is 0.806. The molecule has 68 valence electrons. The molecule has 0 unspecified atom stereocenters. The molecule has 0 atom stereocenters. The summed E-state index contributed by atoms with van der Waals surface area (Å²) in [6.45, 7) is 1.50. The van der Waals surface area contributed by atoms with E-state index in [4.69, 9.17) is 0 Å². The van der Waals surface area contributed by atoms with E-state index in [1.54, 1.807) is 22.5 Å². The molecule has 2 rings (SSSR count). The number of rotatable bonds is 3. The Morgan fingerprint density at radius 2 is 2.31 bits per heavy atom. The highest BCUT2D eigenvalue weighted by atomic mass is 32.1. The van der Waals surface area contributed by atoms with Crippen molar-refractivity contribution in [3.63, 3.8) is 0 Å². The van der Waals surface area contributed by atoms with Crippen LogP contribution in [0.1, 0.15) is 0 Å². The first-order valence-corrected chi connectivity index (χ1v) is 4.84. The maximum Gasteiger partial charge on any atom is 0.307 e. The van der Waals surface area contributed by atoms with Gasteiger partial charge in [0.25, 0.3) is 0 Å². The summed E-state index contributed by atoms with van der Waals surface area (Å²) in [4.78, 5) is 15.2. The third-order valence-electron chi connectivity index (χ3n) is 1.80. The minimum absolute atomic E-state index is 0.0973. The van der Waals surface area contributed by atoms with Gasteiger partial charge in [-0.25, -0.2) is 4.98 Å². The van der Waals surface area contributed by atoms with Crippen LogP contribution >= 0.6 is 11.3 Å². The zero-order valence-electron chi connectivity index (χ0n) is 6.96. The van der Waals surface area contributed by atoms with Crippen LogP contribution in [0.25, 0.3) is 0 Å². The van der Waals surface area contributed by atoms with E-state index in [-0.39, 0.29) is 4.87 Å². The van der Waals surface area contributed by atoms with Gasteiger partial charge in [0, 0.05) is 37.1 Å². The van der Waals surface area contributed by atoms with Crippen LogP contribution in [-0.4, -0.2) is 14.1 Å². The lowest BCUT2D eigenvalue weighted by Gasteiger charge is -2.01. The number of aromatic nitrogens is 3. The molecule has 0 spiro atoms. The number of thiazole rings is 1. The lowest BCUT2D eigenvalue weighted by molar-refractivity contribution is 0.573. The monoisotopic (exact) mass is 195 g/mol. The van der Waals surface area contributed by atoms with Crippen molar-refractivity contribution in [2.75, 3.05) is 0 Å². The van der Waals surface area contributed by atoms with Crippen molar-refractivity contribution in [3.05, 3.63) is 40.0 Å². The van der Waals surface area contributed by atoms with Crippen molar-refractivity contribution in [1.82, 2.24) is 14.1 Å². The fourth-order valence-electron chi connectivity index (χ4n) is 1.10. The Balaban J connectivity index is 2.01. The Hall–Kier alpha value is -1.36. The molecule has 2 aromatic rings. The first kappa shape index (κ1) is 8.25. The molecule has 13 heavy (non-hydrogen) atoms. The first-order chi connectivity index (χ1) is 6.36. The van der Waals surface area contributed by atoms with Crippen LogP contribution in [0.5, 0.6) is 0 Å². The molecule has 2 heterocycles. The number of aryl methyl sites for hydroxylation is 2.